The number of aryl methyl sites for hydroxylation is 3. The molecule has 0 atom stereocenters. The molecule has 106 valence electrons. The average molecular weight is 290 g/mol. The Kier molecular flexibility index (Phi) is 3.81. The molecule has 1 amide bonds. The summed E-state index contributed by atoms with van der Waals surface area (Å²) in [7, 11) is 1.67. The Labute approximate surface area is 122 Å². The first-order valence-electron chi connectivity index (χ1n) is 6.37. The fraction of sp³-hybridized carbons (Fsp3) is 0.333. The Balaban J connectivity index is 2.38. The highest BCUT2D eigenvalue weighted by atomic mass is 32.1. The summed E-state index contributed by atoms with van der Waals surface area (Å²) in [6.45, 7) is 7.74. The molecular weight excluding hydrogens is 272 g/mol. The van der Waals surface area contributed by atoms with Crippen LogP contribution in [0.2, 0.25) is 0 Å². The molecule has 0 radical (unpaired) electrons. The number of rotatable bonds is 2. The maximum absolute atomic E-state index is 12.3. The number of nitrogens with zero attached hydrogens (tertiary/aromatic N) is 1. The van der Waals surface area contributed by atoms with Crippen molar-refractivity contribution in [1.29, 1.82) is 0 Å². The molecule has 2 aromatic rings. The number of hydrogen-bond acceptors (Lipinski definition) is 3. The van der Waals surface area contributed by atoms with Crippen molar-refractivity contribution in [3.63, 3.8) is 0 Å². The van der Waals surface area contributed by atoms with Gasteiger partial charge in [0.1, 0.15) is 4.88 Å². The lowest BCUT2D eigenvalue weighted by Gasteiger charge is -2.12. The van der Waals surface area contributed by atoms with Gasteiger partial charge in [0.25, 0.3) is 5.91 Å². The number of amides is 1. The van der Waals surface area contributed by atoms with Crippen molar-refractivity contribution in [2.24, 2.45) is 7.05 Å². The van der Waals surface area contributed by atoms with Crippen LogP contribution in [0, 0.1) is 27.7 Å². The van der Waals surface area contributed by atoms with Gasteiger partial charge in [0.2, 0.25) is 0 Å². The quantitative estimate of drug-likeness (QED) is 0.924. The number of benzene rings is 1. The molecule has 0 saturated heterocycles. The van der Waals surface area contributed by atoms with E-state index >= 15 is 0 Å². The van der Waals surface area contributed by atoms with E-state index in [1.165, 1.54) is 10.1 Å². The predicted octanol–water partition coefficient (Wildman–Crippen LogP) is 2.93. The van der Waals surface area contributed by atoms with E-state index in [2.05, 4.69) is 5.32 Å². The first-order chi connectivity index (χ1) is 9.31. The first kappa shape index (κ1) is 14.5. The largest absolute Gasteiger partial charge is 0.321 e. The summed E-state index contributed by atoms with van der Waals surface area (Å²) >= 11 is 0.979. The van der Waals surface area contributed by atoms with E-state index < -0.39 is 0 Å². The van der Waals surface area contributed by atoms with Crippen LogP contribution in [-0.2, 0) is 7.05 Å². The molecule has 0 aliphatic heterocycles. The van der Waals surface area contributed by atoms with Crippen molar-refractivity contribution < 1.29 is 4.79 Å². The van der Waals surface area contributed by atoms with E-state index in [0.717, 1.165) is 28.2 Å². The normalized spacial score (nSPS) is 10.7. The van der Waals surface area contributed by atoms with Gasteiger partial charge in [-0.2, -0.15) is 0 Å². The predicted molar refractivity (Wildman–Crippen MR) is 82.9 cm³/mol. The Hall–Kier alpha value is -1.88. The molecule has 1 heterocycles. The second kappa shape index (κ2) is 5.25. The van der Waals surface area contributed by atoms with Crippen LogP contribution in [0.5, 0.6) is 0 Å². The van der Waals surface area contributed by atoms with Gasteiger partial charge in [-0.15, -0.1) is 0 Å². The van der Waals surface area contributed by atoms with E-state index in [4.69, 9.17) is 0 Å². The minimum Gasteiger partial charge on any atom is -0.321 e. The summed E-state index contributed by atoms with van der Waals surface area (Å²) in [4.78, 5) is 24.3. The lowest BCUT2D eigenvalue weighted by molar-refractivity contribution is 0.102. The summed E-state index contributed by atoms with van der Waals surface area (Å²) in [5, 5.41) is 2.92. The molecule has 0 unspecified atom stereocenters. The van der Waals surface area contributed by atoms with Crippen LogP contribution in [0.4, 0.5) is 5.69 Å². The van der Waals surface area contributed by atoms with Gasteiger partial charge in [-0.05, 0) is 38.8 Å². The van der Waals surface area contributed by atoms with Gasteiger partial charge in [-0.1, -0.05) is 29.0 Å². The lowest BCUT2D eigenvalue weighted by atomic mass is 10.1. The highest BCUT2D eigenvalue weighted by molar-refractivity contribution is 7.11. The van der Waals surface area contributed by atoms with Crippen molar-refractivity contribution >= 4 is 22.9 Å². The molecule has 0 saturated carbocycles. The van der Waals surface area contributed by atoms with Crippen LogP contribution >= 0.6 is 11.3 Å². The summed E-state index contributed by atoms with van der Waals surface area (Å²) in [5.41, 5.74) is 4.73. The highest BCUT2D eigenvalue weighted by Crippen LogP contribution is 2.23. The van der Waals surface area contributed by atoms with E-state index in [1.807, 2.05) is 32.9 Å². The molecule has 0 spiro atoms. The Morgan fingerprint density at radius 2 is 1.70 bits per heavy atom. The van der Waals surface area contributed by atoms with Crippen molar-refractivity contribution in [3.05, 3.63) is 49.1 Å². The van der Waals surface area contributed by atoms with Gasteiger partial charge in [0, 0.05) is 18.4 Å². The topological polar surface area (TPSA) is 51.1 Å². The first-order valence-corrected chi connectivity index (χ1v) is 7.18. The van der Waals surface area contributed by atoms with Crippen molar-refractivity contribution in [1.82, 2.24) is 4.57 Å². The molecule has 5 heteroatoms. The molecule has 4 nitrogen and oxygen atoms in total. The maximum atomic E-state index is 12.3. The summed E-state index contributed by atoms with van der Waals surface area (Å²) in [6.07, 6.45) is 0. The summed E-state index contributed by atoms with van der Waals surface area (Å²) < 4.78 is 1.49. The number of carbonyl (C=O) groups excluding carboxylic acids is 1. The third kappa shape index (κ3) is 2.54. The van der Waals surface area contributed by atoms with Gasteiger partial charge >= 0.3 is 4.87 Å². The van der Waals surface area contributed by atoms with Crippen LogP contribution in [0.25, 0.3) is 0 Å². The molecular formula is C15H18N2O2S. The van der Waals surface area contributed by atoms with Gasteiger partial charge in [-0.25, -0.2) is 0 Å². The molecule has 1 N–H and O–H groups in total. The van der Waals surface area contributed by atoms with E-state index in [-0.39, 0.29) is 10.8 Å². The molecule has 20 heavy (non-hydrogen) atoms. The third-order valence-electron chi connectivity index (χ3n) is 3.42. The zero-order valence-electron chi connectivity index (χ0n) is 12.3. The van der Waals surface area contributed by atoms with Crippen LogP contribution < -0.4 is 10.2 Å². The number of thiazole rings is 1. The van der Waals surface area contributed by atoms with E-state index in [1.54, 1.807) is 14.0 Å². The van der Waals surface area contributed by atoms with Crippen LogP contribution in [0.15, 0.2) is 16.9 Å². The SMILES string of the molecule is Cc1cc(C)c(NC(=O)c2sc(=O)n(C)c2C)c(C)c1. The second-order valence-electron chi connectivity index (χ2n) is 5.07. The van der Waals surface area contributed by atoms with Crippen LogP contribution in [0.3, 0.4) is 0 Å². The standard InChI is InChI=1S/C15H18N2O2S/c1-8-6-9(2)12(10(3)7-8)16-14(18)13-11(4)17(5)15(19)20-13/h6-7H,1-5H3,(H,16,18). The van der Waals surface area contributed by atoms with Gasteiger partial charge < -0.3 is 9.88 Å². The van der Waals surface area contributed by atoms with Crippen molar-refractivity contribution in [2.75, 3.05) is 5.32 Å². The third-order valence-corrected chi connectivity index (χ3v) is 4.55. The van der Waals surface area contributed by atoms with Gasteiger partial charge in [0.05, 0.1) is 0 Å². The van der Waals surface area contributed by atoms with Crippen LogP contribution in [-0.4, -0.2) is 10.5 Å². The van der Waals surface area contributed by atoms with Gasteiger partial charge in [-0.3, -0.25) is 9.59 Å². The second-order valence-corrected chi connectivity index (χ2v) is 6.03. The number of hydrogen-bond donors (Lipinski definition) is 1. The molecule has 0 aliphatic rings. The van der Waals surface area contributed by atoms with Gasteiger partial charge in [0.15, 0.2) is 0 Å². The fourth-order valence-electron chi connectivity index (χ4n) is 2.28. The number of anilines is 1. The van der Waals surface area contributed by atoms with Crippen molar-refractivity contribution in [2.45, 2.75) is 27.7 Å². The maximum Gasteiger partial charge on any atom is 0.307 e. The Morgan fingerprint density at radius 3 is 2.15 bits per heavy atom. The van der Waals surface area contributed by atoms with E-state index in [0.29, 0.717) is 10.6 Å². The molecule has 1 aromatic carbocycles. The minimum atomic E-state index is -0.222. The van der Waals surface area contributed by atoms with Crippen molar-refractivity contribution in [3.8, 4) is 0 Å². The van der Waals surface area contributed by atoms with E-state index in [9.17, 15) is 9.59 Å². The zero-order chi connectivity index (χ0) is 15.0. The Bertz CT molecular complexity index is 718. The smallest absolute Gasteiger partial charge is 0.307 e. The monoisotopic (exact) mass is 290 g/mol. The summed E-state index contributed by atoms with van der Waals surface area (Å²) in [5.74, 6) is -0.222. The number of aromatic nitrogens is 1. The molecule has 0 fully saturated rings. The number of carbonyl (C=O) groups is 1. The van der Waals surface area contributed by atoms with Crippen LogP contribution in [0.1, 0.15) is 32.1 Å². The summed E-state index contributed by atoms with van der Waals surface area (Å²) in [6, 6.07) is 4.06. The average Bonchev–Trinajstić information content (AvgIpc) is 2.61. The highest BCUT2D eigenvalue weighted by Gasteiger charge is 2.17. The molecule has 0 aliphatic carbocycles. The molecule has 1 aromatic heterocycles. The Morgan fingerprint density at radius 1 is 1.15 bits per heavy atom. The zero-order valence-corrected chi connectivity index (χ0v) is 13.1. The fourth-order valence-corrected chi connectivity index (χ4v) is 3.15. The lowest BCUT2D eigenvalue weighted by Crippen LogP contribution is -2.14. The molecule has 0 bridgehead atoms. The number of nitrogens with one attached hydrogen (secondary N) is 1. The molecule has 2 rings (SSSR count). The minimum absolute atomic E-state index is 0.120.